The zero-order valence-electron chi connectivity index (χ0n) is 12.6. The lowest BCUT2D eigenvalue weighted by atomic mass is 10.1. The van der Waals surface area contributed by atoms with Crippen LogP contribution in [-0.2, 0) is 16.0 Å². The van der Waals surface area contributed by atoms with Crippen LogP contribution in [0, 0.1) is 11.6 Å². The van der Waals surface area contributed by atoms with Crippen LogP contribution in [0.2, 0.25) is 0 Å². The fourth-order valence-corrected chi connectivity index (χ4v) is 2.06. The lowest BCUT2D eigenvalue weighted by Crippen LogP contribution is -2.34. The van der Waals surface area contributed by atoms with Crippen LogP contribution in [0.3, 0.4) is 0 Å². The molecule has 0 aromatic heterocycles. The van der Waals surface area contributed by atoms with Gasteiger partial charge < -0.3 is 15.2 Å². The zero-order valence-corrected chi connectivity index (χ0v) is 12.6. The second-order valence-electron chi connectivity index (χ2n) is 4.88. The molecule has 0 amide bonds. The Kier molecular flexibility index (Phi) is 5.65. The highest BCUT2D eigenvalue weighted by Gasteiger charge is 2.17. The number of hydrogen-bond acceptors (Lipinski definition) is 4. The Morgan fingerprint density at radius 3 is 2.48 bits per heavy atom. The van der Waals surface area contributed by atoms with Crippen LogP contribution in [-0.4, -0.2) is 18.6 Å². The van der Waals surface area contributed by atoms with Crippen molar-refractivity contribution >= 4 is 5.97 Å². The van der Waals surface area contributed by atoms with Crippen molar-refractivity contribution in [3.8, 4) is 11.5 Å². The molecule has 0 heterocycles. The van der Waals surface area contributed by atoms with Crippen LogP contribution in [0.1, 0.15) is 12.5 Å². The SMILES string of the molecule is CCOC(=O)C(N)Cc1ccccc1Oc1cc(F)cc(F)c1. The highest BCUT2D eigenvalue weighted by Crippen LogP contribution is 2.27. The van der Waals surface area contributed by atoms with Crippen molar-refractivity contribution in [3.05, 3.63) is 59.7 Å². The number of halogens is 2. The van der Waals surface area contributed by atoms with Crippen molar-refractivity contribution < 1.29 is 23.0 Å². The van der Waals surface area contributed by atoms with E-state index in [9.17, 15) is 13.6 Å². The Hall–Kier alpha value is -2.47. The van der Waals surface area contributed by atoms with Crippen LogP contribution in [0.4, 0.5) is 8.78 Å². The Morgan fingerprint density at radius 2 is 1.83 bits per heavy atom. The van der Waals surface area contributed by atoms with E-state index < -0.39 is 23.6 Å². The quantitative estimate of drug-likeness (QED) is 0.830. The topological polar surface area (TPSA) is 61.5 Å². The highest BCUT2D eigenvalue weighted by molar-refractivity contribution is 5.76. The molecule has 0 fully saturated rings. The third kappa shape index (κ3) is 4.75. The van der Waals surface area contributed by atoms with Gasteiger partial charge in [0.2, 0.25) is 0 Å². The summed E-state index contributed by atoms with van der Waals surface area (Å²) in [5.41, 5.74) is 6.43. The Balaban J connectivity index is 2.18. The van der Waals surface area contributed by atoms with Gasteiger partial charge in [0.15, 0.2) is 0 Å². The number of ether oxygens (including phenoxy) is 2. The third-order valence-electron chi connectivity index (χ3n) is 3.07. The molecule has 0 saturated carbocycles. The van der Waals surface area contributed by atoms with Gasteiger partial charge in [-0.25, -0.2) is 8.78 Å². The summed E-state index contributed by atoms with van der Waals surface area (Å²) in [5.74, 6) is -1.59. The predicted molar refractivity (Wildman–Crippen MR) is 81.2 cm³/mol. The maximum atomic E-state index is 13.2. The van der Waals surface area contributed by atoms with Crippen molar-refractivity contribution in [1.29, 1.82) is 0 Å². The number of esters is 1. The lowest BCUT2D eigenvalue weighted by molar-refractivity contribution is -0.144. The molecule has 4 nitrogen and oxygen atoms in total. The lowest BCUT2D eigenvalue weighted by Gasteiger charge is -2.14. The minimum atomic E-state index is -0.844. The molecule has 0 spiro atoms. The normalized spacial score (nSPS) is 11.8. The van der Waals surface area contributed by atoms with E-state index in [4.69, 9.17) is 15.2 Å². The van der Waals surface area contributed by atoms with Gasteiger partial charge in [0.25, 0.3) is 0 Å². The van der Waals surface area contributed by atoms with Crippen LogP contribution < -0.4 is 10.5 Å². The molecule has 0 saturated heterocycles. The first-order valence-corrected chi connectivity index (χ1v) is 7.13. The van der Waals surface area contributed by atoms with Gasteiger partial charge in [-0.3, -0.25) is 4.79 Å². The third-order valence-corrected chi connectivity index (χ3v) is 3.07. The molecule has 2 aromatic carbocycles. The first kappa shape index (κ1) is 16.9. The molecule has 23 heavy (non-hydrogen) atoms. The minimum Gasteiger partial charge on any atom is -0.465 e. The van der Waals surface area contributed by atoms with E-state index in [0.29, 0.717) is 11.3 Å². The van der Waals surface area contributed by atoms with E-state index in [-0.39, 0.29) is 18.8 Å². The van der Waals surface area contributed by atoms with Crippen molar-refractivity contribution in [2.45, 2.75) is 19.4 Å². The number of nitrogens with two attached hydrogens (primary N) is 1. The number of carbonyl (C=O) groups is 1. The van der Waals surface area contributed by atoms with E-state index in [1.165, 1.54) is 0 Å². The van der Waals surface area contributed by atoms with E-state index >= 15 is 0 Å². The van der Waals surface area contributed by atoms with Crippen molar-refractivity contribution in [2.75, 3.05) is 6.61 Å². The van der Waals surface area contributed by atoms with E-state index in [1.54, 1.807) is 31.2 Å². The molecule has 2 rings (SSSR count). The second-order valence-corrected chi connectivity index (χ2v) is 4.88. The molecule has 0 aliphatic heterocycles. The van der Waals surface area contributed by atoms with Crippen LogP contribution in [0.15, 0.2) is 42.5 Å². The van der Waals surface area contributed by atoms with Crippen LogP contribution in [0.5, 0.6) is 11.5 Å². The molecule has 2 aromatic rings. The van der Waals surface area contributed by atoms with E-state index in [2.05, 4.69) is 0 Å². The molecule has 2 N–H and O–H groups in total. The van der Waals surface area contributed by atoms with Gasteiger partial charge in [0.1, 0.15) is 29.2 Å². The van der Waals surface area contributed by atoms with E-state index in [0.717, 1.165) is 18.2 Å². The molecule has 1 atom stereocenters. The number of benzene rings is 2. The van der Waals surface area contributed by atoms with Gasteiger partial charge in [-0.1, -0.05) is 18.2 Å². The van der Waals surface area contributed by atoms with Crippen molar-refractivity contribution in [2.24, 2.45) is 5.73 Å². The zero-order chi connectivity index (χ0) is 16.8. The van der Waals surface area contributed by atoms with Gasteiger partial charge in [-0.15, -0.1) is 0 Å². The first-order valence-electron chi connectivity index (χ1n) is 7.13. The van der Waals surface area contributed by atoms with Crippen molar-refractivity contribution in [3.63, 3.8) is 0 Å². The van der Waals surface area contributed by atoms with E-state index in [1.807, 2.05) is 0 Å². The number of hydrogen-bond donors (Lipinski definition) is 1. The summed E-state index contributed by atoms with van der Waals surface area (Å²) in [4.78, 5) is 11.6. The molecule has 6 heteroatoms. The van der Waals surface area contributed by atoms with Gasteiger partial charge in [-0.05, 0) is 18.6 Å². The summed E-state index contributed by atoms with van der Waals surface area (Å²) in [5, 5.41) is 0. The van der Waals surface area contributed by atoms with Gasteiger partial charge in [0, 0.05) is 24.6 Å². The Morgan fingerprint density at radius 1 is 1.17 bits per heavy atom. The molecule has 0 aliphatic rings. The van der Waals surface area contributed by atoms with Crippen LogP contribution in [0.25, 0.3) is 0 Å². The molecule has 0 radical (unpaired) electrons. The maximum Gasteiger partial charge on any atom is 0.323 e. The predicted octanol–water partition coefficient (Wildman–Crippen LogP) is 3.19. The summed E-state index contributed by atoms with van der Waals surface area (Å²) in [7, 11) is 0. The maximum absolute atomic E-state index is 13.2. The van der Waals surface area contributed by atoms with Crippen molar-refractivity contribution in [1.82, 2.24) is 0 Å². The minimum absolute atomic E-state index is 0.0275. The average molecular weight is 321 g/mol. The first-order chi connectivity index (χ1) is 11.0. The molecular formula is C17H17F2NO3. The monoisotopic (exact) mass is 321 g/mol. The standard InChI is InChI=1S/C17H17F2NO3/c1-2-22-17(21)15(20)7-11-5-3-4-6-16(11)23-14-9-12(18)8-13(19)10-14/h3-6,8-10,15H,2,7,20H2,1H3. The fourth-order valence-electron chi connectivity index (χ4n) is 2.06. The second kappa shape index (κ2) is 7.69. The van der Waals surface area contributed by atoms with Crippen LogP contribution >= 0.6 is 0 Å². The molecule has 1 unspecified atom stereocenters. The summed E-state index contributed by atoms with van der Waals surface area (Å²) in [6, 6.07) is 8.89. The number of carbonyl (C=O) groups excluding carboxylic acids is 1. The molecular weight excluding hydrogens is 304 g/mol. The number of rotatable bonds is 6. The van der Waals surface area contributed by atoms with Gasteiger partial charge in [-0.2, -0.15) is 0 Å². The largest absolute Gasteiger partial charge is 0.465 e. The van der Waals surface area contributed by atoms with Gasteiger partial charge in [0.05, 0.1) is 6.61 Å². The average Bonchev–Trinajstić information content (AvgIpc) is 2.48. The Labute approximate surface area is 132 Å². The van der Waals surface area contributed by atoms with Gasteiger partial charge >= 0.3 is 5.97 Å². The molecule has 122 valence electrons. The highest BCUT2D eigenvalue weighted by atomic mass is 19.1. The number of para-hydroxylation sites is 1. The summed E-state index contributed by atoms with van der Waals surface area (Å²) >= 11 is 0. The summed E-state index contributed by atoms with van der Waals surface area (Å²) in [6.07, 6.45) is 0.187. The molecule has 0 aliphatic carbocycles. The molecule has 0 bridgehead atoms. The Bertz CT molecular complexity index is 671. The summed E-state index contributed by atoms with van der Waals surface area (Å²) < 4.78 is 36.8. The summed E-state index contributed by atoms with van der Waals surface area (Å²) in [6.45, 7) is 1.94. The fraction of sp³-hybridized carbons (Fsp3) is 0.235. The smallest absolute Gasteiger partial charge is 0.323 e.